The maximum atomic E-state index is 11.1. The van der Waals surface area contributed by atoms with Crippen LogP contribution in [0.2, 0.25) is 0 Å². The van der Waals surface area contributed by atoms with E-state index in [9.17, 15) is 4.79 Å². The molecule has 0 bridgehead atoms. The lowest BCUT2D eigenvalue weighted by Crippen LogP contribution is -3.00. The van der Waals surface area contributed by atoms with E-state index in [2.05, 4.69) is 13.8 Å². The fourth-order valence-electron chi connectivity index (χ4n) is 2.47. The fourth-order valence-corrected chi connectivity index (χ4v) is 2.47. The van der Waals surface area contributed by atoms with Crippen molar-refractivity contribution in [3.8, 4) is 0 Å². The highest BCUT2D eigenvalue weighted by Crippen LogP contribution is 2.18. The molecule has 1 rings (SSSR count). The first-order chi connectivity index (χ1) is 6.22. The number of piperidine rings is 1. The molecular weight excluding hydrogens is 198 g/mol. The number of hydrogen-bond donors (Lipinski definition) is 0. The molecule has 0 N–H and O–H groups in total. The summed E-state index contributed by atoms with van der Waals surface area (Å²) in [5.41, 5.74) is 0. The second kappa shape index (κ2) is 6.41. The topological polar surface area (TPSA) is 17.1 Å². The Hall–Kier alpha value is -0.0800. The Morgan fingerprint density at radius 2 is 1.50 bits per heavy atom. The number of quaternary nitrogens is 1. The summed E-state index contributed by atoms with van der Waals surface area (Å²) in [4.78, 5) is 11.1. The van der Waals surface area contributed by atoms with Crippen LogP contribution in [0.3, 0.4) is 0 Å². The third kappa shape index (κ3) is 3.58. The van der Waals surface area contributed by atoms with Gasteiger partial charge in [-0.1, -0.05) is 13.8 Å². The summed E-state index contributed by atoms with van der Waals surface area (Å²) < 4.78 is 1.21. The van der Waals surface area contributed by atoms with Gasteiger partial charge in [0.15, 0.2) is 0 Å². The summed E-state index contributed by atoms with van der Waals surface area (Å²) >= 11 is 0. The maximum Gasteiger partial charge on any atom is 0.144 e. The van der Waals surface area contributed by atoms with Gasteiger partial charge in [0, 0.05) is 0 Å². The highest BCUT2D eigenvalue weighted by Gasteiger charge is 2.30. The number of Topliss-reactive ketones (excluding diaryl/α,β-unsaturated/α-hetero) is 1. The molecule has 0 radical (unpaired) electrons. The van der Waals surface area contributed by atoms with Crippen molar-refractivity contribution in [3.05, 3.63) is 0 Å². The zero-order chi connectivity index (χ0) is 9.73. The average Bonchev–Trinajstić information content (AvgIpc) is 2.11. The van der Waals surface area contributed by atoms with E-state index in [-0.39, 0.29) is 12.4 Å². The lowest BCUT2D eigenvalue weighted by Gasteiger charge is -2.40. The number of nitrogens with zero attached hydrogens (tertiary/aromatic N) is 1. The summed E-state index contributed by atoms with van der Waals surface area (Å²) in [6, 6.07) is 0. The molecule has 1 aliphatic heterocycles. The van der Waals surface area contributed by atoms with Crippen LogP contribution in [0.25, 0.3) is 0 Å². The largest absolute Gasteiger partial charge is 1.00 e. The molecule has 1 heterocycles. The summed E-state index contributed by atoms with van der Waals surface area (Å²) in [6.07, 6.45) is 4.13. The van der Waals surface area contributed by atoms with Gasteiger partial charge in [0.25, 0.3) is 0 Å². The smallest absolute Gasteiger partial charge is 0.144 e. The number of halogens is 1. The van der Waals surface area contributed by atoms with Gasteiger partial charge >= 0.3 is 0 Å². The molecule has 14 heavy (non-hydrogen) atoms. The normalized spacial score (nSPS) is 20.3. The van der Waals surface area contributed by atoms with Crippen LogP contribution in [0.5, 0.6) is 0 Å². The number of carbonyl (C=O) groups is 1. The Labute approximate surface area is 93.7 Å². The van der Waals surface area contributed by atoms with E-state index in [1.165, 1.54) is 30.4 Å². The van der Waals surface area contributed by atoms with Crippen molar-refractivity contribution in [2.45, 2.75) is 39.5 Å². The van der Waals surface area contributed by atoms with E-state index in [1.54, 1.807) is 0 Å². The summed E-state index contributed by atoms with van der Waals surface area (Å²) in [7, 11) is 0. The monoisotopic (exact) mass is 219 g/mol. The lowest BCUT2D eigenvalue weighted by atomic mass is 10.1. The standard InChI is InChI=1S/C11H22NO.ClH/c1-3-7-12(8-4-2)9-5-11(13)6-10-12;/h3-10H2,1-2H3;1H/q+1;/p-1. The van der Waals surface area contributed by atoms with Gasteiger partial charge in [-0.3, -0.25) is 4.79 Å². The minimum absolute atomic E-state index is 0. The molecule has 3 heteroatoms. The van der Waals surface area contributed by atoms with E-state index in [0.717, 1.165) is 25.9 Å². The number of rotatable bonds is 4. The second-order valence-corrected chi connectivity index (χ2v) is 4.27. The lowest BCUT2D eigenvalue weighted by molar-refractivity contribution is -0.929. The third-order valence-corrected chi connectivity index (χ3v) is 3.13. The van der Waals surface area contributed by atoms with Crippen LogP contribution in [-0.4, -0.2) is 36.4 Å². The Balaban J connectivity index is 0.00000169. The molecule has 0 aromatic rings. The van der Waals surface area contributed by atoms with Crippen molar-refractivity contribution in [3.63, 3.8) is 0 Å². The Morgan fingerprint density at radius 3 is 1.86 bits per heavy atom. The molecule has 0 unspecified atom stereocenters. The van der Waals surface area contributed by atoms with Crippen LogP contribution in [0.1, 0.15) is 39.5 Å². The molecule has 1 aliphatic rings. The van der Waals surface area contributed by atoms with Crippen LogP contribution in [-0.2, 0) is 4.79 Å². The zero-order valence-electron chi connectivity index (χ0n) is 9.39. The molecule has 0 spiro atoms. The van der Waals surface area contributed by atoms with Crippen LogP contribution in [0, 0.1) is 0 Å². The predicted octanol–water partition coefficient (Wildman–Crippen LogP) is -1.01. The predicted molar refractivity (Wildman–Crippen MR) is 54.6 cm³/mol. The van der Waals surface area contributed by atoms with Gasteiger partial charge in [0.2, 0.25) is 0 Å². The number of carbonyl (C=O) groups excluding carboxylic acids is 1. The first kappa shape index (κ1) is 13.9. The summed E-state index contributed by atoms with van der Waals surface area (Å²) in [6.45, 7) is 9.21. The van der Waals surface area contributed by atoms with Gasteiger partial charge in [-0.05, 0) is 12.8 Å². The Kier molecular flexibility index (Phi) is 6.38. The van der Waals surface area contributed by atoms with Crippen LogP contribution < -0.4 is 12.4 Å². The minimum Gasteiger partial charge on any atom is -1.00 e. The Bertz CT molecular complexity index is 164. The fraction of sp³-hybridized carbons (Fsp3) is 0.909. The van der Waals surface area contributed by atoms with Crippen molar-refractivity contribution in [1.82, 2.24) is 0 Å². The van der Waals surface area contributed by atoms with Gasteiger partial charge in [-0.15, -0.1) is 0 Å². The van der Waals surface area contributed by atoms with E-state index < -0.39 is 0 Å². The van der Waals surface area contributed by atoms with Crippen LogP contribution in [0.15, 0.2) is 0 Å². The number of likely N-dealkylation sites (tertiary alicyclic amines) is 1. The van der Waals surface area contributed by atoms with Crippen molar-refractivity contribution in [1.29, 1.82) is 0 Å². The van der Waals surface area contributed by atoms with Gasteiger partial charge < -0.3 is 16.9 Å². The Morgan fingerprint density at radius 1 is 1.07 bits per heavy atom. The molecule has 1 fully saturated rings. The maximum absolute atomic E-state index is 11.1. The van der Waals surface area contributed by atoms with E-state index >= 15 is 0 Å². The third-order valence-electron chi connectivity index (χ3n) is 3.13. The van der Waals surface area contributed by atoms with E-state index in [0.29, 0.717) is 5.78 Å². The summed E-state index contributed by atoms with van der Waals surface area (Å²) in [5, 5.41) is 0. The minimum atomic E-state index is 0. The molecule has 0 amide bonds. The zero-order valence-corrected chi connectivity index (χ0v) is 10.1. The first-order valence-electron chi connectivity index (χ1n) is 5.59. The van der Waals surface area contributed by atoms with Gasteiger partial charge in [0.05, 0.1) is 39.0 Å². The molecule has 1 saturated heterocycles. The van der Waals surface area contributed by atoms with E-state index in [1.807, 2.05) is 0 Å². The summed E-state index contributed by atoms with van der Waals surface area (Å²) in [5.74, 6) is 0.473. The molecule has 0 aromatic heterocycles. The molecule has 0 aromatic carbocycles. The number of ketones is 1. The van der Waals surface area contributed by atoms with Gasteiger partial charge in [-0.25, -0.2) is 0 Å². The molecule has 2 nitrogen and oxygen atoms in total. The highest BCUT2D eigenvalue weighted by molar-refractivity contribution is 5.78. The molecular formula is C11H22ClNO. The molecule has 84 valence electrons. The van der Waals surface area contributed by atoms with Crippen molar-refractivity contribution in [2.75, 3.05) is 26.2 Å². The van der Waals surface area contributed by atoms with Gasteiger partial charge in [-0.2, -0.15) is 0 Å². The second-order valence-electron chi connectivity index (χ2n) is 4.27. The number of hydrogen-bond acceptors (Lipinski definition) is 1. The first-order valence-corrected chi connectivity index (χ1v) is 5.59. The van der Waals surface area contributed by atoms with Crippen LogP contribution in [0.4, 0.5) is 0 Å². The quantitative estimate of drug-likeness (QED) is 0.554. The molecule has 0 atom stereocenters. The van der Waals surface area contributed by atoms with Gasteiger partial charge in [0.1, 0.15) is 5.78 Å². The van der Waals surface area contributed by atoms with Crippen molar-refractivity contribution < 1.29 is 21.7 Å². The van der Waals surface area contributed by atoms with Crippen molar-refractivity contribution in [2.24, 2.45) is 0 Å². The van der Waals surface area contributed by atoms with E-state index in [4.69, 9.17) is 0 Å². The highest BCUT2D eigenvalue weighted by atomic mass is 35.5. The SMILES string of the molecule is CCC[N+]1(CCC)CCC(=O)CC1.[Cl-]. The molecule has 0 aliphatic carbocycles. The average molecular weight is 220 g/mol. The van der Waals surface area contributed by atoms with Crippen molar-refractivity contribution >= 4 is 5.78 Å². The van der Waals surface area contributed by atoms with Crippen LogP contribution >= 0.6 is 0 Å². The molecule has 0 saturated carbocycles.